The molecule has 40 heavy (non-hydrogen) atoms. The average Bonchev–Trinajstić information content (AvgIpc) is 3.62. The Hall–Kier alpha value is -2.53. The van der Waals surface area contributed by atoms with Crippen molar-refractivity contribution in [2.45, 2.75) is 18.9 Å². The quantitative estimate of drug-likeness (QED) is 0.172. The van der Waals surface area contributed by atoms with Crippen LogP contribution in [0.15, 0.2) is 97.1 Å². The Labute approximate surface area is 250 Å². The third-order valence-corrected chi connectivity index (χ3v) is 20.9. The predicted octanol–water partition coefficient (Wildman–Crippen LogP) is 8.69. The summed E-state index contributed by atoms with van der Waals surface area (Å²) in [5, 5.41) is 8.25. The van der Waals surface area contributed by atoms with E-state index in [-0.39, 0.29) is 24.8 Å². The Bertz CT molecular complexity index is 1920. The van der Waals surface area contributed by atoms with E-state index in [4.69, 9.17) is 0 Å². The van der Waals surface area contributed by atoms with Crippen LogP contribution >= 0.6 is 24.8 Å². The Morgan fingerprint density at radius 2 is 0.900 bits per heavy atom. The molecule has 2 aromatic heterocycles. The molecule has 0 N–H and O–H groups in total. The molecule has 0 spiro atoms. The van der Waals surface area contributed by atoms with E-state index in [2.05, 4.69) is 138 Å². The Morgan fingerprint density at radius 3 is 1.32 bits per heavy atom. The van der Waals surface area contributed by atoms with Crippen LogP contribution in [0.4, 0.5) is 0 Å². The summed E-state index contributed by atoms with van der Waals surface area (Å²) in [5.41, 5.74) is 14.7. The summed E-state index contributed by atoms with van der Waals surface area (Å²) in [7, 11) is 7.02. The number of aryl methyl sites for hydroxylation is 2. The zero-order chi connectivity index (χ0) is 26.0. The van der Waals surface area contributed by atoms with E-state index >= 15 is 0 Å². The van der Waals surface area contributed by atoms with Crippen LogP contribution in [0.3, 0.4) is 0 Å². The first-order chi connectivity index (χ1) is 18.3. The van der Waals surface area contributed by atoms with Crippen molar-refractivity contribution < 1.29 is 14.0 Å². The second-order valence-electron chi connectivity index (χ2n) is 12.7. The second-order valence-corrected chi connectivity index (χ2v) is 32.8. The number of halogens is 2. The van der Waals surface area contributed by atoms with E-state index in [1.165, 1.54) is 55.4 Å². The summed E-state index contributed by atoms with van der Waals surface area (Å²) in [4.78, 5) is 0. The van der Waals surface area contributed by atoms with Gasteiger partial charge in [-0.25, -0.2) is 0 Å². The molecule has 2 aliphatic carbocycles. The van der Waals surface area contributed by atoms with Gasteiger partial charge in [-0.2, -0.15) is 0 Å². The number of fused-ring (bicyclic) bond motifs is 10. The number of rotatable bonds is 2. The Kier molecular flexibility index (Phi) is 6.21. The van der Waals surface area contributed by atoms with Gasteiger partial charge in [-0.05, 0) is 0 Å². The molecule has 0 amide bonds. The van der Waals surface area contributed by atoms with Gasteiger partial charge in [-0.3, -0.25) is 0 Å². The van der Waals surface area contributed by atoms with Crippen LogP contribution in [0.5, 0.6) is 0 Å². The summed E-state index contributed by atoms with van der Waals surface area (Å²) in [5.74, 6) is 0. The van der Waals surface area contributed by atoms with Gasteiger partial charge in [0, 0.05) is 0 Å². The molecule has 2 heterocycles. The number of hydrogen-bond acceptors (Lipinski definition) is 0. The third-order valence-electron chi connectivity index (χ3n) is 9.83. The van der Waals surface area contributed by atoms with Crippen LogP contribution in [0.25, 0.3) is 44.1 Å². The molecule has 8 rings (SSSR count). The number of nitrogens with zero attached hydrogens (tertiary/aromatic N) is 2. The Balaban J connectivity index is 0.00000145. The molecule has 6 aromatic rings. The first-order valence-electron chi connectivity index (χ1n) is 13.7. The molecule has 2 atom stereocenters. The van der Waals surface area contributed by atoms with Gasteiger partial charge in [0.25, 0.3) is 0 Å². The van der Waals surface area contributed by atoms with Gasteiger partial charge in [-0.15, -0.1) is 24.8 Å². The predicted molar refractivity (Wildman–Crippen MR) is 175 cm³/mol. The maximum atomic E-state index is 2.73. The van der Waals surface area contributed by atoms with E-state index in [9.17, 15) is 0 Å². The molecular formula is C34H34Cl2N2SiTi. The van der Waals surface area contributed by atoms with E-state index in [1.807, 2.05) is 0 Å². The summed E-state index contributed by atoms with van der Waals surface area (Å²) < 4.78 is 5.91. The molecule has 0 radical (unpaired) electrons. The minimum absolute atomic E-state index is 0. The van der Waals surface area contributed by atoms with Gasteiger partial charge in [0.1, 0.15) is 0 Å². The van der Waals surface area contributed by atoms with Gasteiger partial charge in [0.15, 0.2) is 0 Å². The maximum absolute atomic E-state index is 3.50. The van der Waals surface area contributed by atoms with Crippen molar-refractivity contribution in [3.05, 3.63) is 120 Å². The number of para-hydroxylation sites is 2. The van der Waals surface area contributed by atoms with Gasteiger partial charge >= 0.3 is 227 Å². The van der Waals surface area contributed by atoms with E-state index < -0.39 is 14.0 Å². The summed E-state index contributed by atoms with van der Waals surface area (Å²) in [6.45, 7) is 0. The Morgan fingerprint density at radius 1 is 0.550 bits per heavy atom. The molecule has 202 valence electrons. The van der Waals surface area contributed by atoms with E-state index in [0.29, 0.717) is 8.45 Å². The molecular weight excluding hydrogens is 583 g/mol. The summed E-state index contributed by atoms with van der Waals surface area (Å²) in [6.07, 6.45) is 0. The molecule has 6 heteroatoms. The standard InChI is InChI=1S/2C16H12N.2CH3.2ClH.H2Si.Ti/c2*1-17-14-9-5-4-8-13(14)16-12-7-3-2-6-11(12)10-15(16)17;;;;;;/h2*2-10H,1H3;2*1H3;2*1H;1H2;. The normalized spacial score (nSPS) is 17.1. The molecule has 2 nitrogen and oxygen atoms in total. The van der Waals surface area contributed by atoms with Crippen molar-refractivity contribution in [2.75, 3.05) is 0 Å². The fourth-order valence-electron chi connectivity index (χ4n) is 8.40. The van der Waals surface area contributed by atoms with Crippen LogP contribution in [-0.2, 0) is 28.1 Å². The average molecular weight is 618 g/mol. The SMILES string of the molecule is Cl.Cl.Cn1c2c(c3ccccc31)-c1ccccc1[CH]2[Ti]([CH3])([CH3])(=[SiH2])[CH]1c2ccccc2-c2c1n(C)c1ccccc21. The molecule has 4 aromatic carbocycles. The van der Waals surface area contributed by atoms with Gasteiger partial charge in [0.05, 0.1) is 0 Å². The molecule has 0 bridgehead atoms. The van der Waals surface area contributed by atoms with Crippen molar-refractivity contribution in [1.29, 1.82) is 0 Å². The molecule has 0 saturated heterocycles. The van der Waals surface area contributed by atoms with Crippen molar-refractivity contribution >= 4 is 54.3 Å². The van der Waals surface area contributed by atoms with Crippen molar-refractivity contribution in [2.24, 2.45) is 14.1 Å². The van der Waals surface area contributed by atoms with Crippen molar-refractivity contribution in [1.82, 2.24) is 9.13 Å². The van der Waals surface area contributed by atoms with Gasteiger partial charge < -0.3 is 0 Å². The van der Waals surface area contributed by atoms with Crippen LogP contribution in [0.1, 0.15) is 31.0 Å². The molecule has 2 unspecified atom stereocenters. The topological polar surface area (TPSA) is 9.86 Å². The zero-order valence-corrected chi connectivity index (χ0v) is 27.9. The van der Waals surface area contributed by atoms with Crippen molar-refractivity contribution in [3.8, 4) is 22.3 Å². The van der Waals surface area contributed by atoms with Gasteiger partial charge in [-0.1, -0.05) is 0 Å². The first kappa shape index (κ1) is 27.6. The minimum atomic E-state index is -3.50. The van der Waals surface area contributed by atoms with E-state index in [1.54, 1.807) is 11.1 Å². The number of aromatic nitrogens is 2. The second kappa shape index (κ2) is 8.98. The fraction of sp³-hybridized carbons (Fsp3) is 0.176. The zero-order valence-electron chi connectivity index (χ0n) is 23.3. The van der Waals surface area contributed by atoms with Crippen LogP contribution < -0.4 is 0 Å². The molecule has 0 saturated carbocycles. The van der Waals surface area contributed by atoms with Gasteiger partial charge in [0.2, 0.25) is 0 Å². The molecule has 0 fully saturated rings. The number of hydrogen-bond donors (Lipinski definition) is 0. The molecule has 0 aliphatic heterocycles. The van der Waals surface area contributed by atoms with Crippen molar-refractivity contribution in [3.63, 3.8) is 0 Å². The number of benzene rings is 4. The summed E-state index contributed by atoms with van der Waals surface area (Å²) in [6, 6.07) is 36.6. The summed E-state index contributed by atoms with van der Waals surface area (Å²) >= 11 is -3.50. The monoisotopic (exact) mass is 616 g/mol. The van der Waals surface area contributed by atoms with Crippen LogP contribution in [0, 0.1) is 0 Å². The van der Waals surface area contributed by atoms with E-state index in [0.717, 1.165) is 0 Å². The third kappa shape index (κ3) is 3.27. The van der Waals surface area contributed by atoms with Crippen LogP contribution in [0.2, 0.25) is 10.5 Å². The van der Waals surface area contributed by atoms with Crippen LogP contribution in [-0.4, -0.2) is 16.8 Å². The first-order valence-corrected chi connectivity index (χ1v) is 22.6. The fourth-order valence-corrected chi connectivity index (χ4v) is 20.2. The molecule has 2 aliphatic rings.